The highest BCUT2D eigenvalue weighted by Crippen LogP contribution is 2.53. The Morgan fingerprint density at radius 2 is 1.95 bits per heavy atom. The van der Waals surface area contributed by atoms with E-state index in [2.05, 4.69) is 10.6 Å². The number of amides is 1. The minimum atomic E-state index is -1.34. The maximum absolute atomic E-state index is 15.3. The number of Topliss-reactive ketones (excluding diaryl/α,β-unsaturated/α-hetero) is 1. The lowest BCUT2D eigenvalue weighted by atomic mass is 9.76. The molecule has 2 heterocycles. The van der Waals surface area contributed by atoms with Crippen molar-refractivity contribution < 1.29 is 23.5 Å². The van der Waals surface area contributed by atoms with Gasteiger partial charge in [0.15, 0.2) is 5.78 Å². The Labute approximate surface area is 222 Å². The number of carbonyl (C=O) groups excluding carboxylic acids is 3. The monoisotopic (exact) mass is 541 g/mol. The van der Waals surface area contributed by atoms with Crippen LogP contribution in [0.15, 0.2) is 54.6 Å². The molecule has 0 unspecified atom stereocenters. The van der Waals surface area contributed by atoms with Gasteiger partial charge in [0, 0.05) is 45.9 Å². The molecule has 3 aromatic carbocycles. The van der Waals surface area contributed by atoms with Crippen LogP contribution in [0.5, 0.6) is 0 Å². The number of methoxy groups -OCH3 is 1. The van der Waals surface area contributed by atoms with E-state index >= 15 is 4.39 Å². The highest BCUT2D eigenvalue weighted by molar-refractivity contribution is 6.31. The van der Waals surface area contributed by atoms with Crippen molar-refractivity contribution >= 4 is 52.2 Å². The van der Waals surface area contributed by atoms with Crippen LogP contribution in [-0.2, 0) is 15.1 Å². The molecule has 7 nitrogen and oxygen atoms in total. The number of esters is 1. The van der Waals surface area contributed by atoms with Crippen LogP contribution in [0.1, 0.15) is 50.6 Å². The normalized spacial score (nSPS) is 22.1. The molecule has 10 heteroatoms. The first-order valence-electron chi connectivity index (χ1n) is 11.5. The Bertz CT molecular complexity index is 1460. The zero-order chi connectivity index (χ0) is 26.5. The third kappa shape index (κ3) is 4.15. The quantitative estimate of drug-likeness (QED) is 0.236. The van der Waals surface area contributed by atoms with Gasteiger partial charge in [0.2, 0.25) is 5.91 Å². The van der Waals surface area contributed by atoms with Crippen molar-refractivity contribution in [3.63, 3.8) is 0 Å². The lowest BCUT2D eigenvalue weighted by molar-refractivity contribution is -0.122. The largest absolute Gasteiger partial charge is 0.465 e. The number of fused-ring (bicyclic) bond motifs is 2. The predicted octanol–water partition coefficient (Wildman–Crippen LogP) is 5.07. The molecule has 1 saturated heterocycles. The van der Waals surface area contributed by atoms with Crippen molar-refractivity contribution in [2.45, 2.75) is 30.3 Å². The molecule has 0 saturated carbocycles. The maximum atomic E-state index is 15.3. The first-order chi connectivity index (χ1) is 17.6. The smallest absolute Gasteiger partial charge is 0.337 e. The lowest BCUT2D eigenvalue weighted by Gasteiger charge is -2.30. The zero-order valence-electron chi connectivity index (χ0n) is 19.6. The van der Waals surface area contributed by atoms with Gasteiger partial charge >= 0.3 is 5.97 Å². The van der Waals surface area contributed by atoms with E-state index in [0.29, 0.717) is 16.3 Å². The molecular formula is C27H22Cl2FN3O4. The molecule has 4 N–H and O–H groups in total. The number of hydrogen-bond donors (Lipinski definition) is 3. The van der Waals surface area contributed by atoms with E-state index in [4.69, 9.17) is 33.7 Å². The number of benzene rings is 3. The Hall–Kier alpha value is -3.46. The van der Waals surface area contributed by atoms with E-state index < -0.39 is 29.3 Å². The van der Waals surface area contributed by atoms with E-state index in [1.807, 2.05) is 0 Å². The number of nitrogens with one attached hydrogen (secondary N) is 2. The predicted molar refractivity (Wildman–Crippen MR) is 139 cm³/mol. The van der Waals surface area contributed by atoms with Crippen molar-refractivity contribution in [2.75, 3.05) is 18.2 Å². The van der Waals surface area contributed by atoms with Crippen LogP contribution in [0.2, 0.25) is 10.0 Å². The van der Waals surface area contributed by atoms with Crippen LogP contribution >= 0.6 is 23.2 Å². The molecular weight excluding hydrogens is 520 g/mol. The number of hydrogen-bond acceptors (Lipinski definition) is 6. The fourth-order valence-electron chi connectivity index (χ4n) is 5.42. The van der Waals surface area contributed by atoms with Crippen molar-refractivity contribution in [1.29, 1.82) is 0 Å². The van der Waals surface area contributed by atoms with E-state index in [9.17, 15) is 14.4 Å². The summed E-state index contributed by atoms with van der Waals surface area (Å²) in [6, 6.07) is 13.5. The summed E-state index contributed by atoms with van der Waals surface area (Å²) >= 11 is 12.2. The Morgan fingerprint density at radius 1 is 1.16 bits per heavy atom. The van der Waals surface area contributed by atoms with Gasteiger partial charge in [0.1, 0.15) is 11.4 Å². The molecule has 2 aliphatic rings. The summed E-state index contributed by atoms with van der Waals surface area (Å²) in [5.74, 6) is -2.50. The van der Waals surface area contributed by atoms with Crippen LogP contribution in [0.4, 0.5) is 15.8 Å². The van der Waals surface area contributed by atoms with Crippen LogP contribution in [0, 0.1) is 5.82 Å². The van der Waals surface area contributed by atoms with Crippen molar-refractivity contribution in [3.05, 3.63) is 92.7 Å². The second kappa shape index (κ2) is 9.45. The SMILES string of the molecule is COC(=O)c1ccc(C(=O)C[C@H]2C[C@H](c3cccc(Cl)c3F)[C@@]3(N2)C(=O)Nc2cc(Cl)ccc23)c(N)c1. The molecule has 190 valence electrons. The fraction of sp³-hybridized carbons (Fsp3) is 0.222. The second-order valence-corrected chi connectivity index (χ2v) is 9.99. The van der Waals surface area contributed by atoms with E-state index in [-0.39, 0.29) is 51.9 Å². The van der Waals surface area contributed by atoms with Gasteiger partial charge in [0.25, 0.3) is 0 Å². The van der Waals surface area contributed by atoms with Crippen LogP contribution in [0.25, 0.3) is 0 Å². The Balaban J connectivity index is 1.52. The third-order valence-electron chi connectivity index (χ3n) is 7.05. The van der Waals surface area contributed by atoms with Gasteiger partial charge in [0.05, 0.1) is 17.7 Å². The lowest BCUT2D eigenvalue weighted by Crippen LogP contribution is -2.49. The summed E-state index contributed by atoms with van der Waals surface area (Å²) in [5.41, 5.74) is 6.74. The van der Waals surface area contributed by atoms with Crippen LogP contribution in [-0.4, -0.2) is 30.8 Å². The number of ether oxygens (including phenoxy) is 1. The summed E-state index contributed by atoms with van der Waals surface area (Å²) in [7, 11) is 1.25. The molecule has 1 amide bonds. The first-order valence-corrected chi connectivity index (χ1v) is 12.3. The summed E-state index contributed by atoms with van der Waals surface area (Å²) in [6.07, 6.45) is 0.261. The van der Waals surface area contributed by atoms with Gasteiger partial charge in [-0.2, -0.15) is 0 Å². The number of carbonyl (C=O) groups is 3. The molecule has 0 aromatic heterocycles. The van der Waals surface area contributed by atoms with Gasteiger partial charge in [-0.15, -0.1) is 0 Å². The number of rotatable bonds is 5. The number of anilines is 2. The topological polar surface area (TPSA) is 111 Å². The van der Waals surface area contributed by atoms with Gasteiger partial charge in [-0.1, -0.05) is 41.4 Å². The van der Waals surface area contributed by atoms with E-state index in [1.165, 1.54) is 31.4 Å². The average Bonchev–Trinajstić information content (AvgIpc) is 3.37. The summed E-state index contributed by atoms with van der Waals surface area (Å²) < 4.78 is 20.0. The number of nitrogen functional groups attached to an aromatic ring is 1. The van der Waals surface area contributed by atoms with Gasteiger partial charge in [-0.05, 0) is 48.4 Å². The number of ketones is 1. The molecule has 0 bridgehead atoms. The number of halogens is 3. The van der Waals surface area contributed by atoms with E-state index in [1.54, 1.807) is 30.3 Å². The van der Waals surface area contributed by atoms with Gasteiger partial charge < -0.3 is 15.8 Å². The van der Waals surface area contributed by atoms with Crippen molar-refractivity contribution in [2.24, 2.45) is 0 Å². The minimum Gasteiger partial charge on any atom is -0.465 e. The summed E-state index contributed by atoms with van der Waals surface area (Å²) in [4.78, 5) is 38.6. The molecule has 2 aliphatic heterocycles. The molecule has 0 radical (unpaired) electrons. The number of nitrogens with two attached hydrogens (primary N) is 1. The van der Waals surface area contributed by atoms with Crippen molar-refractivity contribution in [3.8, 4) is 0 Å². The third-order valence-corrected chi connectivity index (χ3v) is 7.58. The average molecular weight is 542 g/mol. The standard InChI is InChI=1S/C27H22Cl2FN3O4/c1-37-25(35)13-5-7-17(21(31)9-13)23(34)12-15-11-19(16-3-2-4-20(29)24(16)30)27(33-15)18-8-6-14(28)10-22(18)32-26(27)36/h2-10,15,19,33H,11-12,31H2,1H3,(H,32,36)/t15-,19-,27-/m1/s1. The summed E-state index contributed by atoms with van der Waals surface area (Å²) in [6.45, 7) is 0. The molecule has 1 fully saturated rings. The van der Waals surface area contributed by atoms with Crippen LogP contribution in [0.3, 0.4) is 0 Å². The summed E-state index contributed by atoms with van der Waals surface area (Å²) in [5, 5.41) is 6.58. The van der Waals surface area contributed by atoms with E-state index in [0.717, 1.165) is 0 Å². The minimum absolute atomic E-state index is 0.0155. The molecule has 0 aliphatic carbocycles. The Morgan fingerprint density at radius 3 is 2.68 bits per heavy atom. The van der Waals surface area contributed by atoms with Crippen LogP contribution < -0.4 is 16.4 Å². The molecule has 5 rings (SSSR count). The maximum Gasteiger partial charge on any atom is 0.337 e. The molecule has 1 spiro atoms. The molecule has 3 atom stereocenters. The fourth-order valence-corrected chi connectivity index (χ4v) is 5.77. The second-order valence-electron chi connectivity index (χ2n) is 9.15. The van der Waals surface area contributed by atoms with Gasteiger partial charge in [-0.25, -0.2) is 9.18 Å². The molecule has 37 heavy (non-hydrogen) atoms. The first kappa shape index (κ1) is 25.2. The highest BCUT2D eigenvalue weighted by Gasteiger charge is 2.58. The molecule has 3 aromatic rings. The Kier molecular flexibility index (Phi) is 6.43. The van der Waals surface area contributed by atoms with Crippen molar-refractivity contribution in [1.82, 2.24) is 5.32 Å². The van der Waals surface area contributed by atoms with Gasteiger partial charge in [-0.3, -0.25) is 14.9 Å². The zero-order valence-corrected chi connectivity index (χ0v) is 21.1. The highest BCUT2D eigenvalue weighted by atomic mass is 35.5.